The highest BCUT2D eigenvalue weighted by molar-refractivity contribution is 9.10. The summed E-state index contributed by atoms with van der Waals surface area (Å²) in [5.41, 5.74) is 2.76. The van der Waals surface area contributed by atoms with Gasteiger partial charge >= 0.3 is 6.03 Å². The van der Waals surface area contributed by atoms with E-state index in [1.54, 1.807) is 10.7 Å². The third-order valence-electron chi connectivity index (χ3n) is 9.15. The van der Waals surface area contributed by atoms with Gasteiger partial charge in [-0.2, -0.15) is 9.61 Å². The Morgan fingerprint density at radius 3 is 2.71 bits per heavy atom. The Morgan fingerprint density at radius 1 is 1.17 bits per heavy atom. The predicted molar refractivity (Wildman–Crippen MR) is 139 cm³/mol. The number of amides is 2. The number of quaternary nitrogens is 1. The number of piperidine rings is 4. The number of carbonyl (C=O) groups excluding carboxylic acids is 1. The van der Waals surface area contributed by atoms with Gasteiger partial charge in [0.2, 0.25) is 0 Å². The highest BCUT2D eigenvalue weighted by Gasteiger charge is 2.86. The molecule has 1 spiro atoms. The van der Waals surface area contributed by atoms with Crippen LogP contribution in [0.2, 0.25) is 5.02 Å². The Morgan fingerprint density at radius 2 is 1.94 bits per heavy atom. The molecular weight excluding hydrogens is 528 g/mol. The summed E-state index contributed by atoms with van der Waals surface area (Å²) in [4.78, 5) is 18.0. The van der Waals surface area contributed by atoms with Crippen molar-refractivity contribution >= 4 is 45.0 Å². The van der Waals surface area contributed by atoms with E-state index in [1.807, 2.05) is 30.3 Å². The number of hydrogen-bond donors (Lipinski definition) is 2. The number of carbonyl (C=O) groups is 1. The number of benzene rings is 1. The van der Waals surface area contributed by atoms with Crippen molar-refractivity contribution < 1.29 is 9.28 Å². The highest BCUT2D eigenvalue weighted by atomic mass is 79.9. The molecule has 5 bridgehead atoms. The van der Waals surface area contributed by atoms with Crippen LogP contribution in [0.1, 0.15) is 44.9 Å². The molecule has 5 saturated heterocycles. The van der Waals surface area contributed by atoms with Gasteiger partial charge in [0.15, 0.2) is 5.65 Å². The molecule has 3 unspecified atom stereocenters. The van der Waals surface area contributed by atoms with Crippen molar-refractivity contribution in [3.63, 3.8) is 0 Å². The lowest BCUT2D eigenvalue weighted by Gasteiger charge is -2.81. The molecule has 3 aromatic rings. The van der Waals surface area contributed by atoms with Gasteiger partial charge in [-0.1, -0.05) is 29.8 Å². The highest BCUT2D eigenvalue weighted by Crippen LogP contribution is 2.72. The lowest BCUT2D eigenvalue weighted by Crippen LogP contribution is -2.97. The molecule has 0 radical (unpaired) electrons. The van der Waals surface area contributed by atoms with E-state index in [9.17, 15) is 4.79 Å². The zero-order valence-electron chi connectivity index (χ0n) is 19.5. The number of fused-ring (bicyclic) bond motifs is 1. The molecule has 7 heterocycles. The standard InChI is InChI=1S/C26H28BrClN6O/c27-20-15-31-33-23(11-22(32-24(20)33)19-5-1-2-6-21(19)28)29-7-3-4-8-30-25(35)34-17-9-16-10-18(34)14-26(34,12-16)13-17/h1-2,5-6,11,15-18H,3-4,7-10,12-14H2,(H-,29,30,31,32,35)/p+1/t16?,17-,18+,26?,34?. The van der Waals surface area contributed by atoms with Gasteiger partial charge < -0.3 is 10.6 Å². The van der Waals surface area contributed by atoms with Gasteiger partial charge in [-0.25, -0.2) is 14.3 Å². The van der Waals surface area contributed by atoms with E-state index in [0.717, 1.165) is 63.5 Å². The average molecular weight is 557 g/mol. The Kier molecular flexibility index (Phi) is 4.99. The molecular formula is C26H29BrClN6O+. The number of rotatable bonds is 7. The van der Waals surface area contributed by atoms with Gasteiger partial charge in [-0.3, -0.25) is 0 Å². The van der Waals surface area contributed by atoms with Crippen LogP contribution in [-0.2, 0) is 0 Å². The molecule has 9 heteroatoms. The maximum Gasteiger partial charge on any atom is 0.417 e. The summed E-state index contributed by atoms with van der Waals surface area (Å²) >= 11 is 9.99. The molecule has 7 fully saturated rings. The van der Waals surface area contributed by atoms with Crippen LogP contribution in [0, 0.1) is 5.92 Å². The fourth-order valence-electron chi connectivity index (χ4n) is 7.99. The van der Waals surface area contributed by atoms with E-state index < -0.39 is 0 Å². The molecule has 7 aliphatic rings. The SMILES string of the molecule is O=C(NCCCCNc1cc(-c2ccccc2Cl)nc2c(Br)cnn12)[N+]12[C@@H]3CC4C[C@H]1CC2(C4)C3. The first-order valence-electron chi connectivity index (χ1n) is 12.7. The van der Waals surface area contributed by atoms with E-state index in [2.05, 4.69) is 31.7 Å². The summed E-state index contributed by atoms with van der Waals surface area (Å²) in [6.07, 6.45) is 10.1. The Hall–Kier alpha value is -2.16. The second-order valence-electron chi connectivity index (χ2n) is 10.9. The Labute approximate surface area is 218 Å². The van der Waals surface area contributed by atoms with Gasteiger partial charge in [0.1, 0.15) is 23.4 Å². The number of hydrogen-bond acceptors (Lipinski definition) is 4. The van der Waals surface area contributed by atoms with Gasteiger partial charge in [0.25, 0.3) is 0 Å². The van der Waals surface area contributed by atoms with Crippen molar-refractivity contribution in [3.8, 4) is 11.3 Å². The zero-order chi connectivity index (χ0) is 23.8. The third kappa shape index (κ3) is 3.02. The van der Waals surface area contributed by atoms with Crippen LogP contribution in [-0.4, -0.2) is 55.8 Å². The quantitative estimate of drug-likeness (QED) is 0.292. The predicted octanol–water partition coefficient (Wildman–Crippen LogP) is 5.63. The van der Waals surface area contributed by atoms with Crippen molar-refractivity contribution in [1.82, 2.24) is 19.9 Å². The summed E-state index contributed by atoms with van der Waals surface area (Å²) in [6, 6.07) is 11.2. The molecule has 2 saturated carbocycles. The number of anilines is 1. The number of unbranched alkanes of at least 4 members (excludes halogenated alkanes) is 1. The minimum Gasteiger partial charge on any atom is -0.370 e. The zero-order valence-corrected chi connectivity index (χ0v) is 21.9. The number of aromatic nitrogens is 3. The van der Waals surface area contributed by atoms with E-state index in [4.69, 9.17) is 16.6 Å². The Balaban J connectivity index is 0.976. The van der Waals surface area contributed by atoms with Crippen LogP contribution in [0.25, 0.3) is 16.9 Å². The summed E-state index contributed by atoms with van der Waals surface area (Å²) in [5.74, 6) is 1.77. The number of nitrogens with one attached hydrogen (secondary N) is 2. The first kappa shape index (κ1) is 22.1. The monoisotopic (exact) mass is 555 g/mol. The second-order valence-corrected chi connectivity index (χ2v) is 12.1. The van der Waals surface area contributed by atoms with E-state index in [0.29, 0.717) is 28.7 Å². The summed E-state index contributed by atoms with van der Waals surface area (Å²) in [7, 11) is 0. The molecule has 1 aromatic carbocycles. The number of urea groups is 1. The Bertz CT molecular complexity index is 1320. The van der Waals surface area contributed by atoms with E-state index in [-0.39, 0.29) is 0 Å². The lowest BCUT2D eigenvalue weighted by atomic mass is 9.45. The molecule has 10 rings (SSSR count). The van der Waals surface area contributed by atoms with E-state index in [1.165, 1.54) is 32.1 Å². The summed E-state index contributed by atoms with van der Waals surface area (Å²) < 4.78 is 3.44. The average Bonchev–Trinajstić information content (AvgIpc) is 3.21. The van der Waals surface area contributed by atoms with Crippen LogP contribution >= 0.6 is 27.5 Å². The van der Waals surface area contributed by atoms with Gasteiger partial charge in [0, 0.05) is 49.0 Å². The molecule has 182 valence electrons. The minimum absolute atomic E-state index is 0.310. The topological polar surface area (TPSA) is 71.3 Å². The minimum atomic E-state index is 0.310. The fraction of sp³-hybridized carbons (Fsp3) is 0.500. The van der Waals surface area contributed by atoms with Crippen LogP contribution in [0.15, 0.2) is 41.0 Å². The molecule has 2 amide bonds. The molecule has 2 N–H and O–H groups in total. The molecule has 7 nitrogen and oxygen atoms in total. The van der Waals surface area contributed by atoms with Crippen LogP contribution in [0.4, 0.5) is 10.6 Å². The largest absolute Gasteiger partial charge is 0.417 e. The maximum atomic E-state index is 13.3. The van der Waals surface area contributed by atoms with Crippen LogP contribution < -0.4 is 10.6 Å². The first-order chi connectivity index (χ1) is 17.0. The smallest absolute Gasteiger partial charge is 0.370 e. The van der Waals surface area contributed by atoms with E-state index >= 15 is 0 Å². The fourth-order valence-corrected chi connectivity index (χ4v) is 8.57. The summed E-state index contributed by atoms with van der Waals surface area (Å²) in [5, 5.41) is 12.0. The first-order valence-corrected chi connectivity index (χ1v) is 13.9. The molecule has 2 aliphatic carbocycles. The van der Waals surface area contributed by atoms with Crippen molar-refractivity contribution in [2.24, 2.45) is 5.92 Å². The van der Waals surface area contributed by atoms with Crippen molar-refractivity contribution in [1.29, 1.82) is 0 Å². The normalized spacial score (nSPS) is 31.7. The molecule has 35 heavy (non-hydrogen) atoms. The number of nitrogens with zero attached hydrogens (tertiary/aromatic N) is 4. The molecule has 2 aromatic heterocycles. The van der Waals surface area contributed by atoms with Crippen LogP contribution in [0.5, 0.6) is 0 Å². The second kappa shape index (κ2) is 7.92. The summed E-state index contributed by atoms with van der Waals surface area (Å²) in [6.45, 7) is 1.52. The van der Waals surface area contributed by atoms with Gasteiger partial charge in [0.05, 0.1) is 29.2 Å². The molecule has 5 atom stereocenters. The molecule has 5 aliphatic heterocycles. The van der Waals surface area contributed by atoms with Gasteiger partial charge in [-0.15, -0.1) is 0 Å². The van der Waals surface area contributed by atoms with Crippen LogP contribution in [0.3, 0.4) is 0 Å². The van der Waals surface area contributed by atoms with Crippen molar-refractivity contribution in [2.75, 3.05) is 18.4 Å². The maximum absolute atomic E-state index is 13.3. The number of halogens is 2. The van der Waals surface area contributed by atoms with Gasteiger partial charge in [-0.05, 0) is 40.8 Å². The lowest BCUT2D eigenvalue weighted by molar-refractivity contribution is -1.06. The van der Waals surface area contributed by atoms with Crippen molar-refractivity contribution in [3.05, 3.63) is 46.0 Å². The third-order valence-corrected chi connectivity index (χ3v) is 10.0. The van der Waals surface area contributed by atoms with Crippen molar-refractivity contribution in [2.45, 2.75) is 62.6 Å².